The number of hydrogen-bond donors (Lipinski definition) is 1. The Balaban J connectivity index is 1.53. The number of oxazole rings is 1. The molecule has 174 valence electrons. The second-order valence-corrected chi connectivity index (χ2v) is 8.08. The van der Waals surface area contributed by atoms with E-state index in [9.17, 15) is 18.0 Å². The van der Waals surface area contributed by atoms with Gasteiger partial charge in [-0.25, -0.2) is 15.0 Å². The minimum Gasteiger partial charge on any atom is -0.441 e. The lowest BCUT2D eigenvalue weighted by Gasteiger charge is -2.36. The number of hydrogen-bond acceptors (Lipinski definition) is 6. The zero-order valence-electron chi connectivity index (χ0n) is 18.3. The van der Waals surface area contributed by atoms with Gasteiger partial charge in [-0.15, -0.1) is 0 Å². The number of alkyl halides is 3. The minimum atomic E-state index is -4.43. The molecule has 1 saturated heterocycles. The smallest absolute Gasteiger partial charge is 0.417 e. The fourth-order valence-electron chi connectivity index (χ4n) is 3.88. The maximum Gasteiger partial charge on any atom is 0.417 e. The number of halogens is 3. The lowest BCUT2D eigenvalue weighted by Crippen LogP contribution is -2.47. The lowest BCUT2D eigenvalue weighted by atomic mass is 10.0. The molecular weight excluding hydrogens is 435 g/mol. The lowest BCUT2D eigenvalue weighted by molar-refractivity contribution is -0.137. The van der Waals surface area contributed by atoms with Gasteiger partial charge in [-0.2, -0.15) is 13.2 Å². The first-order valence-electron chi connectivity index (χ1n) is 10.7. The first kappa shape index (κ1) is 22.8. The molecule has 1 N–H and O–H groups in total. The molecule has 1 amide bonds. The Bertz CT molecular complexity index is 1130. The first-order valence-corrected chi connectivity index (χ1v) is 10.7. The number of nitrogens with zero attached hydrogens (tertiary/aromatic N) is 4. The van der Waals surface area contributed by atoms with Crippen LogP contribution in [0.4, 0.5) is 19.0 Å². The van der Waals surface area contributed by atoms with Crippen molar-refractivity contribution in [3.05, 3.63) is 59.4 Å². The topological polar surface area (TPSA) is 84.2 Å². The van der Waals surface area contributed by atoms with E-state index in [0.717, 1.165) is 31.5 Å². The van der Waals surface area contributed by atoms with Crippen molar-refractivity contribution in [1.29, 1.82) is 0 Å². The van der Waals surface area contributed by atoms with Crippen LogP contribution in [0.15, 0.2) is 41.1 Å². The van der Waals surface area contributed by atoms with Gasteiger partial charge in [0.05, 0.1) is 17.3 Å². The predicted octanol–water partition coefficient (Wildman–Crippen LogP) is 4.87. The summed E-state index contributed by atoms with van der Waals surface area (Å²) in [5.74, 6) is 1.07. The van der Waals surface area contributed by atoms with Gasteiger partial charge in [0.2, 0.25) is 5.89 Å². The molecule has 1 aliphatic heterocycles. The van der Waals surface area contributed by atoms with E-state index in [2.05, 4.69) is 20.3 Å². The molecule has 0 radical (unpaired) electrons. The van der Waals surface area contributed by atoms with Crippen molar-refractivity contribution in [1.82, 2.24) is 19.9 Å². The number of anilines is 1. The van der Waals surface area contributed by atoms with Gasteiger partial charge in [0.1, 0.15) is 17.3 Å². The normalized spacial score (nSPS) is 16.6. The number of amides is 1. The van der Waals surface area contributed by atoms with E-state index >= 15 is 0 Å². The maximum absolute atomic E-state index is 13.6. The summed E-state index contributed by atoms with van der Waals surface area (Å²) < 4.78 is 43.9. The Kier molecular flexibility index (Phi) is 6.35. The van der Waals surface area contributed by atoms with Crippen LogP contribution in [0.25, 0.3) is 11.5 Å². The van der Waals surface area contributed by atoms with Crippen molar-refractivity contribution < 1.29 is 22.4 Å². The van der Waals surface area contributed by atoms with E-state index in [0.29, 0.717) is 41.8 Å². The quantitative estimate of drug-likeness (QED) is 0.586. The summed E-state index contributed by atoms with van der Waals surface area (Å²) in [6, 6.07) is 5.71. The van der Waals surface area contributed by atoms with Gasteiger partial charge >= 0.3 is 6.18 Å². The van der Waals surface area contributed by atoms with Crippen LogP contribution in [0.3, 0.4) is 0 Å². The van der Waals surface area contributed by atoms with Crippen LogP contribution in [0.1, 0.15) is 46.8 Å². The Morgan fingerprint density at radius 2 is 1.97 bits per heavy atom. The summed E-state index contributed by atoms with van der Waals surface area (Å²) in [7, 11) is 0. The van der Waals surface area contributed by atoms with Crippen LogP contribution in [-0.2, 0) is 6.18 Å². The van der Waals surface area contributed by atoms with Gasteiger partial charge in [-0.05, 0) is 57.4 Å². The summed E-state index contributed by atoms with van der Waals surface area (Å²) in [5.41, 5.74) is 0.699. The van der Waals surface area contributed by atoms with E-state index in [4.69, 9.17) is 4.42 Å². The molecule has 4 heterocycles. The Labute approximate surface area is 189 Å². The van der Waals surface area contributed by atoms with E-state index in [-0.39, 0.29) is 17.6 Å². The third kappa shape index (κ3) is 5.15. The van der Waals surface area contributed by atoms with E-state index in [1.807, 2.05) is 6.92 Å². The molecule has 0 saturated carbocycles. The average Bonchev–Trinajstić information content (AvgIpc) is 3.23. The monoisotopic (exact) mass is 459 g/mol. The summed E-state index contributed by atoms with van der Waals surface area (Å²) in [6.45, 7) is 4.52. The van der Waals surface area contributed by atoms with Crippen molar-refractivity contribution in [2.75, 3.05) is 18.4 Å². The Hall–Kier alpha value is -3.43. The Morgan fingerprint density at radius 3 is 2.64 bits per heavy atom. The largest absolute Gasteiger partial charge is 0.441 e. The maximum atomic E-state index is 13.6. The van der Waals surface area contributed by atoms with Crippen LogP contribution in [0.5, 0.6) is 0 Å². The number of carbonyl (C=O) groups excluding carboxylic acids is 1. The van der Waals surface area contributed by atoms with Gasteiger partial charge in [0.15, 0.2) is 0 Å². The SMILES string of the molecule is Cc1ccc(-c2ncc(C)o2)c(C(=O)N2CCCC[C@H]2CNc2ccc(C(F)(F)F)cn2)n1. The molecule has 10 heteroatoms. The van der Waals surface area contributed by atoms with Gasteiger partial charge < -0.3 is 14.6 Å². The van der Waals surface area contributed by atoms with E-state index in [1.165, 1.54) is 6.07 Å². The second-order valence-electron chi connectivity index (χ2n) is 8.08. The van der Waals surface area contributed by atoms with Crippen molar-refractivity contribution in [3.63, 3.8) is 0 Å². The van der Waals surface area contributed by atoms with Crippen LogP contribution >= 0.6 is 0 Å². The molecule has 1 aliphatic rings. The fourth-order valence-corrected chi connectivity index (χ4v) is 3.88. The molecule has 1 atom stereocenters. The van der Waals surface area contributed by atoms with E-state index in [1.54, 1.807) is 30.2 Å². The van der Waals surface area contributed by atoms with Crippen LogP contribution in [0, 0.1) is 13.8 Å². The molecule has 0 bridgehead atoms. The highest BCUT2D eigenvalue weighted by molar-refractivity contribution is 5.98. The minimum absolute atomic E-state index is 0.156. The molecule has 4 rings (SSSR count). The summed E-state index contributed by atoms with van der Waals surface area (Å²) >= 11 is 0. The highest BCUT2D eigenvalue weighted by Crippen LogP contribution is 2.29. The highest BCUT2D eigenvalue weighted by Gasteiger charge is 2.32. The highest BCUT2D eigenvalue weighted by atomic mass is 19.4. The molecule has 0 spiro atoms. The molecule has 0 aliphatic carbocycles. The van der Waals surface area contributed by atoms with Crippen molar-refractivity contribution in [3.8, 4) is 11.5 Å². The third-order valence-corrected chi connectivity index (χ3v) is 5.59. The number of likely N-dealkylation sites (tertiary alicyclic amines) is 1. The summed E-state index contributed by atoms with van der Waals surface area (Å²) in [4.78, 5) is 27.9. The molecule has 33 heavy (non-hydrogen) atoms. The number of piperidine rings is 1. The molecule has 1 fully saturated rings. The van der Waals surface area contributed by atoms with Crippen molar-refractivity contribution >= 4 is 11.7 Å². The number of aryl methyl sites for hydroxylation is 2. The second kappa shape index (κ2) is 9.21. The molecule has 0 aromatic carbocycles. The zero-order valence-corrected chi connectivity index (χ0v) is 18.3. The third-order valence-electron chi connectivity index (χ3n) is 5.59. The van der Waals surface area contributed by atoms with Gasteiger partial charge in [-0.1, -0.05) is 0 Å². The van der Waals surface area contributed by atoms with Gasteiger partial charge in [0, 0.05) is 31.0 Å². The number of rotatable bonds is 5. The standard InChI is InChI=1S/C23H24F3N5O2/c1-14-6-8-18(21-29-11-15(2)33-21)20(30-14)22(32)31-10-4-3-5-17(31)13-28-19-9-7-16(12-27-19)23(24,25)26/h6-9,11-12,17H,3-5,10,13H2,1-2H3,(H,27,28)/t17-/m0/s1. The van der Waals surface area contributed by atoms with Crippen LogP contribution in [0.2, 0.25) is 0 Å². The Morgan fingerprint density at radius 1 is 1.15 bits per heavy atom. The first-order chi connectivity index (χ1) is 15.7. The fraction of sp³-hybridized carbons (Fsp3) is 0.391. The van der Waals surface area contributed by atoms with E-state index < -0.39 is 11.7 Å². The number of carbonyl (C=O) groups is 1. The van der Waals surface area contributed by atoms with Crippen molar-refractivity contribution in [2.45, 2.75) is 45.3 Å². The number of nitrogens with one attached hydrogen (secondary N) is 1. The number of pyridine rings is 2. The van der Waals surface area contributed by atoms with Gasteiger partial charge in [-0.3, -0.25) is 4.79 Å². The molecule has 3 aromatic heterocycles. The molecule has 0 unspecified atom stereocenters. The number of aromatic nitrogens is 3. The van der Waals surface area contributed by atoms with Crippen molar-refractivity contribution in [2.24, 2.45) is 0 Å². The molecular formula is C23H24F3N5O2. The van der Waals surface area contributed by atoms with Crippen LogP contribution in [-0.4, -0.2) is 44.9 Å². The summed E-state index contributed by atoms with van der Waals surface area (Å²) in [6.07, 6.45) is 0.530. The zero-order chi connectivity index (χ0) is 23.6. The van der Waals surface area contributed by atoms with Crippen LogP contribution < -0.4 is 5.32 Å². The molecule has 3 aromatic rings. The molecule has 7 nitrogen and oxygen atoms in total. The van der Waals surface area contributed by atoms with Gasteiger partial charge in [0.25, 0.3) is 5.91 Å². The predicted molar refractivity (Wildman–Crippen MR) is 116 cm³/mol. The average molecular weight is 459 g/mol. The summed E-state index contributed by atoms with van der Waals surface area (Å²) in [5, 5.41) is 3.07.